The Morgan fingerprint density at radius 3 is 1.59 bits per heavy atom. The lowest BCUT2D eigenvalue weighted by atomic mass is 9.83. The molecule has 7 aromatic rings. The summed E-state index contributed by atoms with van der Waals surface area (Å²) in [5, 5.41) is 14.5. The average molecular weight is 473 g/mol. The fourth-order valence-corrected chi connectivity index (χ4v) is 6.66. The Morgan fingerprint density at radius 1 is 0.379 bits per heavy atom. The van der Waals surface area contributed by atoms with Crippen molar-refractivity contribution in [3.8, 4) is 0 Å². The van der Waals surface area contributed by atoms with Crippen molar-refractivity contribution in [3.05, 3.63) is 67.6 Å². The van der Waals surface area contributed by atoms with Gasteiger partial charge in [-0.2, -0.15) is 0 Å². The Morgan fingerprint density at radius 2 is 0.862 bits per heavy atom. The van der Waals surface area contributed by atoms with Gasteiger partial charge in [0, 0.05) is 32.3 Å². The Bertz CT molecular complexity index is 1800. The maximum Gasteiger partial charge on any atom is 0.0693 e. The van der Waals surface area contributed by atoms with E-state index in [0.717, 1.165) is 48.5 Å². The van der Waals surface area contributed by atoms with Crippen molar-refractivity contribution in [1.82, 2.24) is 0 Å². The number of rotatable bonds is 0. The molecule has 0 spiro atoms. The Hall–Kier alpha value is -1.67. The van der Waals surface area contributed by atoms with Gasteiger partial charge in [-0.1, -0.05) is 94.4 Å². The molecule has 0 unspecified atom stereocenters. The van der Waals surface area contributed by atoms with Gasteiger partial charge in [0.2, 0.25) is 0 Å². The number of benzene rings is 7. The van der Waals surface area contributed by atoms with Crippen LogP contribution in [0, 0.1) is 0 Å². The van der Waals surface area contributed by atoms with Gasteiger partial charge in [-0.3, -0.25) is 0 Å². The highest BCUT2D eigenvalue weighted by atomic mass is 35.5. The van der Waals surface area contributed by atoms with Crippen LogP contribution in [-0.2, 0) is 0 Å². The van der Waals surface area contributed by atoms with Crippen molar-refractivity contribution >= 4 is 123 Å². The molecule has 0 aliphatic rings. The van der Waals surface area contributed by atoms with E-state index in [2.05, 4.69) is 30.3 Å². The van der Waals surface area contributed by atoms with Crippen molar-refractivity contribution in [2.24, 2.45) is 0 Å². The summed E-state index contributed by atoms with van der Waals surface area (Å²) in [4.78, 5) is 0. The molecule has 7 rings (SSSR count). The zero-order valence-electron chi connectivity index (χ0n) is 14.4. The van der Waals surface area contributed by atoms with Crippen LogP contribution in [0.3, 0.4) is 0 Å². The first-order valence-corrected chi connectivity index (χ1v) is 10.9. The molecule has 0 nitrogen and oxygen atoms in total. The third-order valence-corrected chi connectivity index (χ3v) is 8.27. The van der Waals surface area contributed by atoms with Gasteiger partial charge in [0.05, 0.1) is 25.1 Å². The average Bonchev–Trinajstić information content (AvgIpc) is 2.72. The molecule has 0 heterocycles. The second-order valence-corrected chi connectivity index (χ2v) is 9.45. The highest BCUT2D eigenvalue weighted by molar-refractivity contribution is 6.61. The molecule has 0 fully saturated rings. The van der Waals surface area contributed by atoms with Crippen LogP contribution < -0.4 is 0 Å². The van der Waals surface area contributed by atoms with Crippen molar-refractivity contribution < 1.29 is 0 Å². The smallest absolute Gasteiger partial charge is 0.0693 e. The minimum atomic E-state index is 0.382. The van der Waals surface area contributed by atoms with Crippen LogP contribution in [0.5, 0.6) is 0 Å². The molecule has 0 aliphatic carbocycles. The van der Waals surface area contributed by atoms with E-state index in [1.807, 2.05) is 12.1 Å². The molecule has 0 aliphatic heterocycles. The SMILES string of the molecule is Clc1c(Cl)c2c(Cl)c(Cl)c3c(Cl)cc4ccc5ccc6ccc1c1c6c5c4c3c21. The van der Waals surface area contributed by atoms with Gasteiger partial charge in [0.1, 0.15) is 0 Å². The summed E-state index contributed by atoms with van der Waals surface area (Å²) in [6.45, 7) is 0. The summed E-state index contributed by atoms with van der Waals surface area (Å²) in [6, 6.07) is 14.6. The summed E-state index contributed by atoms with van der Waals surface area (Å²) in [5.74, 6) is 0. The molecule has 0 bridgehead atoms. The minimum Gasteiger partial charge on any atom is -0.0836 e. The van der Waals surface area contributed by atoms with Crippen LogP contribution in [0.2, 0.25) is 25.1 Å². The first kappa shape index (κ1) is 17.1. The molecule has 0 N–H and O–H groups in total. The van der Waals surface area contributed by atoms with Crippen LogP contribution in [0.1, 0.15) is 0 Å². The molecule has 0 atom stereocenters. The zero-order valence-corrected chi connectivity index (χ0v) is 18.2. The summed E-state index contributed by atoms with van der Waals surface area (Å²) >= 11 is 33.7. The number of hydrogen-bond donors (Lipinski definition) is 0. The minimum absolute atomic E-state index is 0.382. The van der Waals surface area contributed by atoms with Gasteiger partial charge >= 0.3 is 0 Å². The second kappa shape index (κ2) is 5.32. The molecule has 0 amide bonds. The van der Waals surface area contributed by atoms with Crippen LogP contribution in [-0.4, -0.2) is 0 Å². The number of halogens is 5. The molecule has 29 heavy (non-hydrogen) atoms. The molecule has 0 aromatic heterocycles. The first-order chi connectivity index (χ1) is 14.0. The summed E-state index contributed by atoms with van der Waals surface area (Å²) in [5.41, 5.74) is 0. The van der Waals surface area contributed by atoms with Gasteiger partial charge in [0.25, 0.3) is 0 Å². The van der Waals surface area contributed by atoms with Crippen LogP contribution in [0.25, 0.3) is 64.6 Å². The van der Waals surface area contributed by atoms with Crippen molar-refractivity contribution in [3.63, 3.8) is 0 Å². The van der Waals surface area contributed by atoms with Gasteiger partial charge in [0.15, 0.2) is 0 Å². The predicted molar refractivity (Wildman–Crippen MR) is 130 cm³/mol. The Labute approximate surface area is 189 Å². The zero-order chi connectivity index (χ0) is 19.8. The van der Waals surface area contributed by atoms with E-state index in [1.54, 1.807) is 0 Å². The van der Waals surface area contributed by atoms with Gasteiger partial charge < -0.3 is 0 Å². The molecule has 138 valence electrons. The maximum atomic E-state index is 6.76. The normalized spacial score (nSPS) is 13.0. The molecular weight excluding hydrogens is 466 g/mol. The lowest BCUT2D eigenvalue weighted by Crippen LogP contribution is -1.95. The predicted octanol–water partition coefficient (Wildman–Crippen LogP) is 10.2. The third kappa shape index (κ3) is 1.79. The second-order valence-electron chi connectivity index (χ2n) is 7.53. The topological polar surface area (TPSA) is 0 Å². The lowest BCUT2D eigenvalue weighted by Gasteiger charge is -2.23. The molecule has 0 saturated heterocycles. The van der Waals surface area contributed by atoms with Crippen LogP contribution >= 0.6 is 58.0 Å². The van der Waals surface area contributed by atoms with Crippen molar-refractivity contribution in [1.29, 1.82) is 0 Å². The number of hydrogen-bond acceptors (Lipinski definition) is 0. The van der Waals surface area contributed by atoms with E-state index in [4.69, 9.17) is 58.0 Å². The third-order valence-electron chi connectivity index (χ3n) is 6.25. The maximum absolute atomic E-state index is 6.76. The Kier molecular flexibility index (Phi) is 3.13. The standard InChI is InChI=1S/C24H7Cl5/c25-12-7-10-4-3-8-1-2-9-5-6-11-16-14(9)13(8)15(10)18-17(12)22(27)24(29)20(19(16)18)23(28)21(11)26/h1-7H. The van der Waals surface area contributed by atoms with Crippen LogP contribution in [0.4, 0.5) is 0 Å². The Balaban J connectivity index is 2.10. The lowest BCUT2D eigenvalue weighted by molar-refractivity contribution is 1.79. The van der Waals surface area contributed by atoms with Gasteiger partial charge in [-0.25, -0.2) is 0 Å². The first-order valence-electron chi connectivity index (χ1n) is 9.00. The van der Waals surface area contributed by atoms with Gasteiger partial charge in [-0.05, 0) is 38.4 Å². The van der Waals surface area contributed by atoms with E-state index >= 15 is 0 Å². The van der Waals surface area contributed by atoms with E-state index in [1.165, 1.54) is 10.8 Å². The molecule has 0 radical (unpaired) electrons. The van der Waals surface area contributed by atoms with Gasteiger partial charge in [-0.15, -0.1) is 0 Å². The highest BCUT2D eigenvalue weighted by Crippen LogP contribution is 2.56. The quantitative estimate of drug-likeness (QED) is 0.152. The van der Waals surface area contributed by atoms with Crippen LogP contribution in [0.15, 0.2) is 42.5 Å². The summed E-state index contributed by atoms with van der Waals surface area (Å²) in [7, 11) is 0. The van der Waals surface area contributed by atoms with E-state index in [0.29, 0.717) is 30.5 Å². The van der Waals surface area contributed by atoms with Crippen molar-refractivity contribution in [2.75, 3.05) is 0 Å². The molecular formula is C24H7Cl5. The fraction of sp³-hybridized carbons (Fsp3) is 0. The molecule has 5 heteroatoms. The van der Waals surface area contributed by atoms with E-state index in [-0.39, 0.29) is 0 Å². The fourth-order valence-electron chi connectivity index (χ4n) is 5.14. The molecule has 0 saturated carbocycles. The highest BCUT2D eigenvalue weighted by Gasteiger charge is 2.27. The molecule has 7 aromatic carbocycles. The largest absolute Gasteiger partial charge is 0.0836 e. The monoisotopic (exact) mass is 470 g/mol. The van der Waals surface area contributed by atoms with E-state index < -0.39 is 0 Å². The van der Waals surface area contributed by atoms with E-state index in [9.17, 15) is 0 Å². The van der Waals surface area contributed by atoms with Crippen molar-refractivity contribution in [2.45, 2.75) is 0 Å². The summed E-state index contributed by atoms with van der Waals surface area (Å²) < 4.78 is 0. The summed E-state index contributed by atoms with van der Waals surface area (Å²) in [6.07, 6.45) is 0.